The standard InChI is InChI=1S/C7H9N3O/c1-6-4-7(5-8)9-10(6)2-3-11/h4,11H,2-3H2,1H3. The fourth-order valence-electron chi connectivity index (χ4n) is 0.886. The van der Waals surface area contributed by atoms with Gasteiger partial charge in [-0.2, -0.15) is 10.4 Å². The van der Waals surface area contributed by atoms with Gasteiger partial charge < -0.3 is 5.11 Å². The average molecular weight is 151 g/mol. The van der Waals surface area contributed by atoms with E-state index in [1.165, 1.54) is 0 Å². The molecule has 0 amide bonds. The lowest BCUT2D eigenvalue weighted by atomic mass is 10.4. The molecule has 0 aliphatic heterocycles. The lowest BCUT2D eigenvalue weighted by Crippen LogP contribution is -2.05. The normalized spacial score (nSPS) is 9.55. The van der Waals surface area contributed by atoms with Crippen LogP contribution in [0, 0.1) is 18.3 Å². The highest BCUT2D eigenvalue weighted by molar-refractivity contribution is 5.21. The lowest BCUT2D eigenvalue weighted by molar-refractivity contribution is 0.268. The van der Waals surface area contributed by atoms with E-state index in [-0.39, 0.29) is 6.61 Å². The molecule has 0 aliphatic rings. The third-order valence-electron chi connectivity index (χ3n) is 1.41. The third kappa shape index (κ3) is 1.57. The van der Waals surface area contributed by atoms with Gasteiger partial charge in [0.05, 0.1) is 13.2 Å². The van der Waals surface area contributed by atoms with Gasteiger partial charge in [-0.25, -0.2) is 0 Å². The third-order valence-corrected chi connectivity index (χ3v) is 1.41. The van der Waals surface area contributed by atoms with Gasteiger partial charge in [0, 0.05) is 5.69 Å². The summed E-state index contributed by atoms with van der Waals surface area (Å²) in [5, 5.41) is 21.0. The molecule has 1 aromatic heterocycles. The zero-order valence-corrected chi connectivity index (χ0v) is 6.28. The van der Waals surface area contributed by atoms with Crippen LogP contribution < -0.4 is 0 Å². The van der Waals surface area contributed by atoms with Gasteiger partial charge in [0.2, 0.25) is 0 Å². The first-order chi connectivity index (χ1) is 5.27. The summed E-state index contributed by atoms with van der Waals surface area (Å²) in [6.07, 6.45) is 0. The minimum Gasteiger partial charge on any atom is -0.394 e. The van der Waals surface area contributed by atoms with Crippen molar-refractivity contribution in [3.05, 3.63) is 17.5 Å². The second kappa shape index (κ2) is 3.17. The summed E-state index contributed by atoms with van der Waals surface area (Å²) in [6.45, 7) is 2.35. The smallest absolute Gasteiger partial charge is 0.162 e. The predicted octanol–water partition coefficient (Wildman–Crippen LogP) is 0.0555. The largest absolute Gasteiger partial charge is 0.394 e. The maximum absolute atomic E-state index is 8.58. The summed E-state index contributed by atoms with van der Waals surface area (Å²) in [6, 6.07) is 3.62. The van der Waals surface area contributed by atoms with Crippen molar-refractivity contribution in [1.29, 1.82) is 5.26 Å². The van der Waals surface area contributed by atoms with E-state index in [4.69, 9.17) is 10.4 Å². The van der Waals surface area contributed by atoms with Gasteiger partial charge in [-0.05, 0) is 13.0 Å². The van der Waals surface area contributed by atoms with Gasteiger partial charge >= 0.3 is 0 Å². The van der Waals surface area contributed by atoms with E-state index in [1.807, 2.05) is 13.0 Å². The van der Waals surface area contributed by atoms with E-state index in [9.17, 15) is 0 Å². The number of aliphatic hydroxyl groups excluding tert-OH is 1. The van der Waals surface area contributed by atoms with Crippen molar-refractivity contribution < 1.29 is 5.11 Å². The van der Waals surface area contributed by atoms with Crippen LogP contribution in [-0.2, 0) is 6.54 Å². The molecule has 4 nitrogen and oxygen atoms in total. The summed E-state index contributed by atoms with van der Waals surface area (Å²) in [4.78, 5) is 0. The van der Waals surface area contributed by atoms with Crippen molar-refractivity contribution in [3.63, 3.8) is 0 Å². The molecule has 1 aromatic rings. The first-order valence-corrected chi connectivity index (χ1v) is 3.33. The molecule has 0 aliphatic carbocycles. The topological polar surface area (TPSA) is 61.8 Å². The molecule has 11 heavy (non-hydrogen) atoms. The highest BCUT2D eigenvalue weighted by atomic mass is 16.3. The number of nitriles is 1. The van der Waals surface area contributed by atoms with E-state index < -0.39 is 0 Å². The maximum Gasteiger partial charge on any atom is 0.162 e. The first-order valence-electron chi connectivity index (χ1n) is 3.33. The minimum atomic E-state index is 0.0490. The summed E-state index contributed by atoms with van der Waals surface area (Å²) in [7, 11) is 0. The Bertz CT molecular complexity index is 284. The van der Waals surface area contributed by atoms with Gasteiger partial charge in [0.1, 0.15) is 6.07 Å². The van der Waals surface area contributed by atoms with Crippen LogP contribution in [0.25, 0.3) is 0 Å². The van der Waals surface area contributed by atoms with Crippen LogP contribution in [-0.4, -0.2) is 21.5 Å². The van der Waals surface area contributed by atoms with Crippen LogP contribution in [0.5, 0.6) is 0 Å². The summed E-state index contributed by atoms with van der Waals surface area (Å²) < 4.78 is 1.61. The van der Waals surface area contributed by atoms with Crippen LogP contribution in [0.3, 0.4) is 0 Å². The second-order valence-corrected chi connectivity index (χ2v) is 2.23. The van der Waals surface area contributed by atoms with Crippen molar-refractivity contribution in [2.75, 3.05) is 6.61 Å². The Morgan fingerprint density at radius 1 is 1.82 bits per heavy atom. The Morgan fingerprint density at radius 2 is 2.55 bits per heavy atom. The number of aryl methyl sites for hydroxylation is 1. The first kappa shape index (κ1) is 7.76. The SMILES string of the molecule is Cc1cc(C#N)nn1CCO. The molecule has 0 saturated carbocycles. The molecule has 0 spiro atoms. The fourth-order valence-corrected chi connectivity index (χ4v) is 0.886. The number of aliphatic hydroxyl groups is 1. The molecule has 1 rings (SSSR count). The maximum atomic E-state index is 8.58. The second-order valence-electron chi connectivity index (χ2n) is 2.23. The monoisotopic (exact) mass is 151 g/mol. The molecule has 0 radical (unpaired) electrons. The molecule has 1 heterocycles. The Labute approximate surface area is 64.7 Å². The fraction of sp³-hybridized carbons (Fsp3) is 0.429. The molecule has 0 aromatic carbocycles. The highest BCUT2D eigenvalue weighted by Crippen LogP contribution is 2.00. The van der Waals surface area contributed by atoms with Crippen molar-refractivity contribution in [1.82, 2.24) is 9.78 Å². The number of nitrogens with zero attached hydrogens (tertiary/aromatic N) is 3. The number of hydrogen-bond acceptors (Lipinski definition) is 3. The summed E-state index contributed by atoms with van der Waals surface area (Å²) in [5.74, 6) is 0. The molecule has 0 saturated heterocycles. The Kier molecular flexibility index (Phi) is 2.24. The van der Waals surface area contributed by atoms with Crippen LogP contribution in [0.4, 0.5) is 0 Å². The van der Waals surface area contributed by atoms with Gasteiger partial charge in [0.25, 0.3) is 0 Å². The molecule has 0 unspecified atom stereocenters. The zero-order chi connectivity index (χ0) is 8.27. The molecule has 0 fully saturated rings. The van der Waals surface area contributed by atoms with E-state index in [0.29, 0.717) is 12.2 Å². The lowest BCUT2D eigenvalue weighted by Gasteiger charge is -1.98. The Hall–Kier alpha value is -1.34. The van der Waals surface area contributed by atoms with E-state index in [0.717, 1.165) is 5.69 Å². The van der Waals surface area contributed by atoms with Gasteiger partial charge in [-0.3, -0.25) is 4.68 Å². The summed E-state index contributed by atoms with van der Waals surface area (Å²) >= 11 is 0. The highest BCUT2D eigenvalue weighted by Gasteiger charge is 2.00. The van der Waals surface area contributed by atoms with Crippen molar-refractivity contribution in [2.24, 2.45) is 0 Å². The Balaban J connectivity index is 2.90. The van der Waals surface area contributed by atoms with Crippen LogP contribution in [0.2, 0.25) is 0 Å². The average Bonchev–Trinajstić information content (AvgIpc) is 2.33. The number of hydrogen-bond donors (Lipinski definition) is 1. The summed E-state index contributed by atoms with van der Waals surface area (Å²) in [5.41, 5.74) is 1.30. The molecule has 0 atom stereocenters. The quantitative estimate of drug-likeness (QED) is 0.649. The van der Waals surface area contributed by atoms with Crippen molar-refractivity contribution in [2.45, 2.75) is 13.5 Å². The zero-order valence-electron chi connectivity index (χ0n) is 6.28. The van der Waals surface area contributed by atoms with E-state index >= 15 is 0 Å². The minimum absolute atomic E-state index is 0.0490. The van der Waals surface area contributed by atoms with E-state index in [1.54, 1.807) is 10.7 Å². The molecule has 1 N–H and O–H groups in total. The van der Waals surface area contributed by atoms with E-state index in [2.05, 4.69) is 5.10 Å². The molecule has 58 valence electrons. The molecular weight excluding hydrogens is 142 g/mol. The van der Waals surface area contributed by atoms with Crippen molar-refractivity contribution >= 4 is 0 Å². The van der Waals surface area contributed by atoms with Gasteiger partial charge in [-0.15, -0.1) is 0 Å². The number of rotatable bonds is 2. The van der Waals surface area contributed by atoms with Crippen LogP contribution in [0.15, 0.2) is 6.07 Å². The van der Waals surface area contributed by atoms with Gasteiger partial charge in [-0.1, -0.05) is 0 Å². The number of aromatic nitrogens is 2. The molecule has 0 bridgehead atoms. The predicted molar refractivity (Wildman–Crippen MR) is 38.8 cm³/mol. The van der Waals surface area contributed by atoms with Crippen molar-refractivity contribution in [3.8, 4) is 6.07 Å². The van der Waals surface area contributed by atoms with Crippen LogP contribution in [0.1, 0.15) is 11.4 Å². The molecule has 4 heteroatoms. The molecular formula is C7H9N3O. The van der Waals surface area contributed by atoms with Gasteiger partial charge in [0.15, 0.2) is 5.69 Å². The van der Waals surface area contributed by atoms with Crippen LogP contribution >= 0.6 is 0 Å². The Morgan fingerprint density at radius 3 is 3.00 bits per heavy atom.